The van der Waals surface area contributed by atoms with E-state index in [1.807, 2.05) is 12.1 Å². The van der Waals surface area contributed by atoms with Crippen molar-refractivity contribution in [1.29, 1.82) is 0 Å². The van der Waals surface area contributed by atoms with E-state index in [9.17, 15) is 13.6 Å². The molecule has 0 fully saturated rings. The number of halogens is 2. The first-order valence-corrected chi connectivity index (χ1v) is 7.39. The fourth-order valence-corrected chi connectivity index (χ4v) is 2.42. The van der Waals surface area contributed by atoms with Gasteiger partial charge in [0, 0.05) is 0 Å². The van der Waals surface area contributed by atoms with E-state index in [4.69, 9.17) is 9.47 Å². The molecule has 0 saturated heterocycles. The predicted octanol–water partition coefficient (Wildman–Crippen LogP) is 3.37. The minimum absolute atomic E-state index is 0.350. The van der Waals surface area contributed by atoms with Gasteiger partial charge in [0.05, 0.1) is 20.3 Å². The van der Waals surface area contributed by atoms with E-state index in [-0.39, 0.29) is 0 Å². The second kappa shape index (κ2) is 8.29. The summed E-state index contributed by atoms with van der Waals surface area (Å²) in [7, 11) is 3.06. The van der Waals surface area contributed by atoms with Crippen LogP contribution in [0.2, 0.25) is 0 Å². The molecule has 0 spiro atoms. The molecule has 1 amide bonds. The largest absolute Gasteiger partial charge is 0.493 e. The van der Waals surface area contributed by atoms with Gasteiger partial charge in [-0.05, 0) is 29.7 Å². The Labute approximate surface area is 139 Å². The molecule has 2 aromatic rings. The Morgan fingerprint density at radius 3 is 2.29 bits per heavy atom. The van der Waals surface area contributed by atoms with Crippen LogP contribution in [-0.4, -0.2) is 26.6 Å². The number of hydrogen-bond acceptors (Lipinski definition) is 3. The van der Waals surface area contributed by atoms with Gasteiger partial charge in [-0.2, -0.15) is 8.78 Å². The quantitative estimate of drug-likeness (QED) is 0.844. The first-order valence-electron chi connectivity index (χ1n) is 7.39. The SMILES string of the molecule is COc1ccc(C[C@H](NC(=O)C(F)F)c2ccccc2)cc1OC. The van der Waals surface area contributed by atoms with Gasteiger partial charge < -0.3 is 14.8 Å². The van der Waals surface area contributed by atoms with Crippen molar-refractivity contribution in [2.45, 2.75) is 18.9 Å². The summed E-state index contributed by atoms with van der Waals surface area (Å²) in [6, 6.07) is 13.8. The Balaban J connectivity index is 2.26. The van der Waals surface area contributed by atoms with Crippen molar-refractivity contribution in [2.75, 3.05) is 14.2 Å². The molecule has 24 heavy (non-hydrogen) atoms. The van der Waals surface area contributed by atoms with Gasteiger partial charge in [-0.25, -0.2) is 0 Å². The average Bonchev–Trinajstić information content (AvgIpc) is 2.61. The molecule has 2 aromatic carbocycles. The molecule has 0 aliphatic carbocycles. The Bertz CT molecular complexity index is 677. The summed E-state index contributed by atoms with van der Waals surface area (Å²) < 4.78 is 35.7. The Morgan fingerprint density at radius 2 is 1.71 bits per heavy atom. The first-order chi connectivity index (χ1) is 11.5. The molecule has 0 bridgehead atoms. The van der Waals surface area contributed by atoms with Gasteiger partial charge in [0.15, 0.2) is 11.5 Å². The number of benzene rings is 2. The van der Waals surface area contributed by atoms with Crippen LogP contribution in [0.15, 0.2) is 48.5 Å². The lowest BCUT2D eigenvalue weighted by molar-refractivity contribution is -0.132. The lowest BCUT2D eigenvalue weighted by atomic mass is 9.98. The minimum atomic E-state index is -3.05. The highest BCUT2D eigenvalue weighted by Gasteiger charge is 2.21. The van der Waals surface area contributed by atoms with Gasteiger partial charge in [-0.3, -0.25) is 4.79 Å². The zero-order valence-corrected chi connectivity index (χ0v) is 13.5. The lowest BCUT2D eigenvalue weighted by Gasteiger charge is -2.20. The standard InChI is InChI=1S/C18H19F2NO3/c1-23-15-9-8-12(11-16(15)24-2)10-14(21-18(22)17(19)20)13-6-4-3-5-7-13/h3-9,11,14,17H,10H2,1-2H3,(H,21,22)/t14-/m0/s1. The molecule has 2 rings (SSSR count). The number of carbonyl (C=O) groups excluding carboxylic acids is 1. The third-order valence-corrected chi connectivity index (χ3v) is 3.60. The maximum Gasteiger partial charge on any atom is 0.315 e. The Hall–Kier alpha value is -2.63. The molecule has 0 aliphatic rings. The van der Waals surface area contributed by atoms with Gasteiger partial charge in [0.1, 0.15) is 0 Å². The van der Waals surface area contributed by atoms with Gasteiger partial charge in [0.2, 0.25) is 0 Å². The van der Waals surface area contributed by atoms with Crippen molar-refractivity contribution in [3.05, 3.63) is 59.7 Å². The monoisotopic (exact) mass is 335 g/mol. The van der Waals surface area contributed by atoms with Crippen molar-refractivity contribution >= 4 is 5.91 Å². The molecule has 0 aromatic heterocycles. The van der Waals surface area contributed by atoms with Crippen LogP contribution in [0.3, 0.4) is 0 Å². The van der Waals surface area contributed by atoms with Gasteiger partial charge in [0.25, 0.3) is 5.91 Å². The number of rotatable bonds is 7. The van der Waals surface area contributed by atoms with E-state index in [1.165, 1.54) is 14.2 Å². The molecule has 128 valence electrons. The predicted molar refractivity (Wildman–Crippen MR) is 86.6 cm³/mol. The van der Waals surface area contributed by atoms with Crippen molar-refractivity contribution < 1.29 is 23.0 Å². The zero-order chi connectivity index (χ0) is 17.5. The topological polar surface area (TPSA) is 47.6 Å². The van der Waals surface area contributed by atoms with Crippen LogP contribution in [0.5, 0.6) is 11.5 Å². The van der Waals surface area contributed by atoms with Crippen LogP contribution in [0.25, 0.3) is 0 Å². The third kappa shape index (κ3) is 4.44. The Morgan fingerprint density at radius 1 is 1.04 bits per heavy atom. The highest BCUT2D eigenvalue weighted by molar-refractivity contribution is 5.79. The molecule has 0 radical (unpaired) electrons. The highest BCUT2D eigenvalue weighted by atomic mass is 19.3. The highest BCUT2D eigenvalue weighted by Crippen LogP contribution is 2.29. The molecular formula is C18H19F2NO3. The summed E-state index contributed by atoms with van der Waals surface area (Å²) in [5.41, 5.74) is 1.58. The molecule has 1 N–H and O–H groups in total. The van der Waals surface area contributed by atoms with E-state index < -0.39 is 18.4 Å². The molecule has 6 heteroatoms. The first kappa shape index (κ1) is 17.7. The van der Waals surface area contributed by atoms with E-state index in [2.05, 4.69) is 5.32 Å². The molecule has 1 atom stereocenters. The van der Waals surface area contributed by atoms with Gasteiger partial charge in [-0.15, -0.1) is 0 Å². The number of nitrogens with one attached hydrogen (secondary N) is 1. The average molecular weight is 335 g/mol. The normalized spacial score (nSPS) is 11.9. The smallest absolute Gasteiger partial charge is 0.315 e. The van der Waals surface area contributed by atoms with Crippen molar-refractivity contribution in [1.82, 2.24) is 5.32 Å². The number of ether oxygens (including phenoxy) is 2. The maximum atomic E-state index is 12.6. The van der Waals surface area contributed by atoms with Crippen molar-refractivity contribution in [2.24, 2.45) is 0 Å². The van der Waals surface area contributed by atoms with E-state index in [0.29, 0.717) is 17.9 Å². The minimum Gasteiger partial charge on any atom is -0.493 e. The summed E-state index contributed by atoms with van der Waals surface area (Å²) >= 11 is 0. The van der Waals surface area contributed by atoms with Crippen LogP contribution < -0.4 is 14.8 Å². The molecular weight excluding hydrogens is 316 g/mol. The van der Waals surface area contributed by atoms with Gasteiger partial charge in [-0.1, -0.05) is 36.4 Å². The van der Waals surface area contributed by atoms with Crippen LogP contribution in [0, 0.1) is 0 Å². The van der Waals surface area contributed by atoms with Crippen molar-refractivity contribution in [3.63, 3.8) is 0 Å². The fraction of sp³-hybridized carbons (Fsp3) is 0.278. The van der Waals surface area contributed by atoms with Crippen LogP contribution in [0.1, 0.15) is 17.2 Å². The Kier molecular flexibility index (Phi) is 6.12. The third-order valence-electron chi connectivity index (χ3n) is 3.60. The summed E-state index contributed by atoms with van der Waals surface area (Å²) in [5.74, 6) is -0.166. The summed E-state index contributed by atoms with van der Waals surface area (Å²) in [6.07, 6.45) is -2.70. The van der Waals surface area contributed by atoms with E-state index in [1.54, 1.807) is 36.4 Å². The number of carbonyl (C=O) groups is 1. The summed E-state index contributed by atoms with van der Waals surface area (Å²) in [6.45, 7) is 0. The lowest BCUT2D eigenvalue weighted by Crippen LogP contribution is -2.34. The van der Waals surface area contributed by atoms with Crippen LogP contribution in [0.4, 0.5) is 8.78 Å². The number of methoxy groups -OCH3 is 2. The van der Waals surface area contributed by atoms with Gasteiger partial charge >= 0.3 is 6.43 Å². The summed E-state index contributed by atoms with van der Waals surface area (Å²) in [4.78, 5) is 11.4. The molecule has 4 nitrogen and oxygen atoms in total. The fourth-order valence-electron chi connectivity index (χ4n) is 2.42. The van der Waals surface area contributed by atoms with Crippen LogP contribution >= 0.6 is 0 Å². The van der Waals surface area contributed by atoms with E-state index in [0.717, 1.165) is 11.1 Å². The van der Waals surface area contributed by atoms with E-state index >= 15 is 0 Å². The number of alkyl halides is 2. The zero-order valence-electron chi connectivity index (χ0n) is 13.5. The number of amides is 1. The maximum absolute atomic E-state index is 12.6. The molecule has 0 saturated carbocycles. The molecule has 0 heterocycles. The summed E-state index contributed by atoms with van der Waals surface area (Å²) in [5, 5.41) is 2.39. The second-order valence-electron chi connectivity index (χ2n) is 5.17. The number of hydrogen-bond donors (Lipinski definition) is 1. The molecule has 0 unspecified atom stereocenters. The van der Waals surface area contributed by atoms with Crippen LogP contribution in [-0.2, 0) is 11.2 Å². The second-order valence-corrected chi connectivity index (χ2v) is 5.17. The molecule has 0 aliphatic heterocycles. The van der Waals surface area contributed by atoms with Crippen molar-refractivity contribution in [3.8, 4) is 11.5 Å².